The van der Waals surface area contributed by atoms with Gasteiger partial charge in [0.1, 0.15) is 23.1 Å². The number of rotatable bonds is 8. The summed E-state index contributed by atoms with van der Waals surface area (Å²) >= 11 is 0. The predicted octanol–water partition coefficient (Wildman–Crippen LogP) is 4.45. The van der Waals surface area contributed by atoms with E-state index in [9.17, 15) is 10.1 Å². The molecule has 1 aliphatic rings. The minimum atomic E-state index is -0.417. The molecular weight excluding hydrogens is 428 g/mol. The van der Waals surface area contributed by atoms with Crippen molar-refractivity contribution in [3.8, 4) is 28.8 Å². The molecule has 4 rings (SSSR count). The summed E-state index contributed by atoms with van der Waals surface area (Å²) in [5.41, 5.74) is 4.16. The Morgan fingerprint density at radius 3 is 2.82 bits per heavy atom. The van der Waals surface area contributed by atoms with Crippen LogP contribution in [0.15, 0.2) is 60.3 Å². The predicted molar refractivity (Wildman–Crippen MR) is 130 cm³/mol. The molecule has 0 spiro atoms. The van der Waals surface area contributed by atoms with Crippen LogP contribution in [0.25, 0.3) is 23.0 Å². The third-order valence-electron chi connectivity index (χ3n) is 5.71. The molecule has 174 valence electrons. The highest BCUT2D eigenvalue weighted by molar-refractivity contribution is 6.02. The van der Waals surface area contributed by atoms with Gasteiger partial charge in [-0.15, -0.1) is 0 Å². The quantitative estimate of drug-likeness (QED) is 0.400. The molecule has 0 bridgehead atoms. The summed E-state index contributed by atoms with van der Waals surface area (Å²) in [5, 5.41) is 17.4. The molecule has 0 radical (unpaired) electrons. The number of amides is 1. The highest BCUT2D eigenvalue weighted by Crippen LogP contribution is 2.30. The van der Waals surface area contributed by atoms with Gasteiger partial charge in [-0.05, 0) is 68.7 Å². The Morgan fingerprint density at radius 2 is 2.15 bits per heavy atom. The van der Waals surface area contributed by atoms with Gasteiger partial charge in [0.15, 0.2) is 0 Å². The van der Waals surface area contributed by atoms with Crippen molar-refractivity contribution in [1.82, 2.24) is 15.1 Å². The van der Waals surface area contributed by atoms with Crippen molar-refractivity contribution in [3.63, 3.8) is 0 Å². The van der Waals surface area contributed by atoms with Gasteiger partial charge in [0.05, 0.1) is 18.4 Å². The van der Waals surface area contributed by atoms with Gasteiger partial charge in [-0.25, -0.2) is 4.68 Å². The van der Waals surface area contributed by atoms with Crippen LogP contribution in [0, 0.1) is 18.3 Å². The van der Waals surface area contributed by atoms with Gasteiger partial charge in [0.25, 0.3) is 5.91 Å². The molecule has 2 heterocycles. The van der Waals surface area contributed by atoms with Crippen molar-refractivity contribution in [2.24, 2.45) is 0 Å². The summed E-state index contributed by atoms with van der Waals surface area (Å²) in [5.74, 6) is 0.370. The van der Waals surface area contributed by atoms with E-state index in [0.717, 1.165) is 35.4 Å². The number of hydrogen-bond donors (Lipinski definition) is 1. The number of aromatic nitrogens is 2. The maximum Gasteiger partial charge on any atom is 0.262 e. The number of nitrogens with zero attached hydrogens (tertiary/aromatic N) is 3. The molecule has 1 aliphatic heterocycles. The Morgan fingerprint density at radius 1 is 1.32 bits per heavy atom. The third-order valence-corrected chi connectivity index (χ3v) is 5.71. The fourth-order valence-corrected chi connectivity index (χ4v) is 3.98. The summed E-state index contributed by atoms with van der Waals surface area (Å²) < 4.78 is 12.9. The van der Waals surface area contributed by atoms with Gasteiger partial charge in [-0.1, -0.05) is 18.2 Å². The van der Waals surface area contributed by atoms with Crippen LogP contribution in [0.5, 0.6) is 5.75 Å². The van der Waals surface area contributed by atoms with Gasteiger partial charge in [-0.2, -0.15) is 10.4 Å². The maximum absolute atomic E-state index is 12.7. The smallest absolute Gasteiger partial charge is 0.262 e. The van der Waals surface area contributed by atoms with Crippen LogP contribution in [0.1, 0.15) is 30.9 Å². The lowest BCUT2D eigenvalue weighted by Gasteiger charge is -2.10. The zero-order valence-electron chi connectivity index (χ0n) is 19.5. The number of benzene rings is 2. The number of nitrogens with one attached hydrogen (secondary N) is 1. The molecule has 0 saturated carbocycles. The molecule has 7 nitrogen and oxygen atoms in total. The minimum absolute atomic E-state index is 0.00629. The van der Waals surface area contributed by atoms with E-state index in [2.05, 4.69) is 5.32 Å². The lowest BCUT2D eigenvalue weighted by atomic mass is 10.0. The van der Waals surface area contributed by atoms with Gasteiger partial charge in [0, 0.05) is 30.5 Å². The highest BCUT2D eigenvalue weighted by Gasteiger charge is 2.19. The second-order valence-electron chi connectivity index (χ2n) is 8.14. The van der Waals surface area contributed by atoms with E-state index < -0.39 is 5.91 Å². The molecule has 1 amide bonds. The highest BCUT2D eigenvalue weighted by atomic mass is 16.5. The maximum atomic E-state index is 12.7. The molecule has 1 saturated heterocycles. The zero-order valence-corrected chi connectivity index (χ0v) is 19.5. The monoisotopic (exact) mass is 456 g/mol. The Labute approximate surface area is 199 Å². The number of hydrogen-bond acceptors (Lipinski definition) is 5. The van der Waals surface area contributed by atoms with Crippen LogP contribution in [-0.2, 0) is 9.53 Å². The molecule has 7 heteroatoms. The van der Waals surface area contributed by atoms with Gasteiger partial charge in [-0.3, -0.25) is 4.79 Å². The Kier molecular flexibility index (Phi) is 7.41. The van der Waals surface area contributed by atoms with Crippen molar-refractivity contribution in [1.29, 1.82) is 5.26 Å². The zero-order chi connectivity index (χ0) is 23.9. The van der Waals surface area contributed by atoms with E-state index in [1.807, 2.05) is 74.6 Å². The van der Waals surface area contributed by atoms with E-state index in [-0.39, 0.29) is 11.7 Å². The van der Waals surface area contributed by atoms with Crippen molar-refractivity contribution >= 4 is 12.0 Å². The topological polar surface area (TPSA) is 89.2 Å². The summed E-state index contributed by atoms with van der Waals surface area (Å²) in [6.07, 6.45) is 5.35. The third kappa shape index (κ3) is 5.36. The van der Waals surface area contributed by atoms with E-state index in [1.165, 1.54) is 0 Å². The van der Waals surface area contributed by atoms with Crippen molar-refractivity contribution < 1.29 is 14.3 Å². The average molecular weight is 457 g/mol. The van der Waals surface area contributed by atoms with Crippen LogP contribution < -0.4 is 10.1 Å². The SMILES string of the molecule is CCOc1ccc(-c2nn(-c3ccccc3)cc2/C=C(\C#N)C(=O)NC[C@@H]2CCCO2)c(C)c1. The Balaban J connectivity index is 1.70. The minimum Gasteiger partial charge on any atom is -0.494 e. The summed E-state index contributed by atoms with van der Waals surface area (Å²) in [4.78, 5) is 12.7. The van der Waals surface area contributed by atoms with Crippen LogP contribution in [-0.4, -0.2) is 41.6 Å². The molecule has 1 N–H and O–H groups in total. The van der Waals surface area contributed by atoms with Gasteiger partial charge >= 0.3 is 0 Å². The second kappa shape index (κ2) is 10.8. The number of carbonyl (C=O) groups excluding carboxylic acids is 1. The van der Waals surface area contributed by atoms with E-state index >= 15 is 0 Å². The first-order chi connectivity index (χ1) is 16.6. The van der Waals surface area contributed by atoms with Crippen LogP contribution >= 0.6 is 0 Å². The number of aryl methyl sites for hydroxylation is 1. The molecular formula is C27H28N4O3. The van der Waals surface area contributed by atoms with Crippen LogP contribution in [0.3, 0.4) is 0 Å². The molecule has 0 unspecified atom stereocenters. The normalized spacial score (nSPS) is 15.7. The summed E-state index contributed by atoms with van der Waals surface area (Å²) in [6.45, 7) is 5.63. The Bertz CT molecular complexity index is 1220. The van der Waals surface area contributed by atoms with Crippen molar-refractivity contribution in [2.75, 3.05) is 19.8 Å². The average Bonchev–Trinajstić information content (AvgIpc) is 3.52. The first-order valence-corrected chi connectivity index (χ1v) is 11.5. The Hall–Kier alpha value is -3.89. The standard InChI is InChI=1S/C27H28N4O3/c1-3-33-23-11-12-25(19(2)14-23)26-21(18-31(30-26)22-8-5-4-6-9-22)15-20(16-28)27(32)29-17-24-10-7-13-34-24/h4-6,8-9,11-12,14-15,18,24H,3,7,10,13,17H2,1-2H3,(H,29,32)/b20-15+/t24-/m0/s1. The fraction of sp³-hybridized carbons (Fsp3) is 0.296. The van der Waals surface area contributed by atoms with Crippen LogP contribution in [0.2, 0.25) is 0 Å². The molecule has 2 aromatic carbocycles. The number of carbonyl (C=O) groups is 1. The van der Waals surface area contributed by atoms with E-state index in [1.54, 1.807) is 10.8 Å². The van der Waals surface area contributed by atoms with E-state index in [0.29, 0.717) is 31.0 Å². The van der Waals surface area contributed by atoms with E-state index in [4.69, 9.17) is 14.6 Å². The molecule has 1 fully saturated rings. The largest absolute Gasteiger partial charge is 0.494 e. The lowest BCUT2D eigenvalue weighted by Crippen LogP contribution is -2.32. The first-order valence-electron chi connectivity index (χ1n) is 11.5. The number of ether oxygens (including phenoxy) is 2. The molecule has 0 aliphatic carbocycles. The molecule has 3 aromatic rings. The van der Waals surface area contributed by atoms with Crippen molar-refractivity contribution in [3.05, 3.63) is 71.4 Å². The van der Waals surface area contributed by atoms with Gasteiger partial charge in [0.2, 0.25) is 0 Å². The summed E-state index contributed by atoms with van der Waals surface area (Å²) in [6, 6.07) is 17.6. The summed E-state index contributed by atoms with van der Waals surface area (Å²) in [7, 11) is 0. The van der Waals surface area contributed by atoms with Crippen LogP contribution in [0.4, 0.5) is 0 Å². The number of para-hydroxylation sites is 1. The molecule has 1 aromatic heterocycles. The molecule has 1 atom stereocenters. The van der Waals surface area contributed by atoms with Gasteiger partial charge < -0.3 is 14.8 Å². The molecule has 34 heavy (non-hydrogen) atoms. The number of nitriles is 1. The van der Waals surface area contributed by atoms with Crippen molar-refractivity contribution in [2.45, 2.75) is 32.8 Å². The lowest BCUT2D eigenvalue weighted by molar-refractivity contribution is -0.117. The second-order valence-corrected chi connectivity index (χ2v) is 8.14. The first kappa shape index (κ1) is 23.3. The fourth-order valence-electron chi connectivity index (χ4n) is 3.98.